The minimum absolute atomic E-state index is 0.106. The van der Waals surface area contributed by atoms with Crippen LogP contribution in [0, 0.1) is 5.92 Å². The van der Waals surface area contributed by atoms with E-state index in [4.69, 9.17) is 5.73 Å². The summed E-state index contributed by atoms with van der Waals surface area (Å²) in [6.45, 7) is 4.20. The fourth-order valence-electron chi connectivity index (χ4n) is 3.58. The molecule has 0 aliphatic rings. The van der Waals surface area contributed by atoms with Crippen LogP contribution in [0.25, 0.3) is 0 Å². The summed E-state index contributed by atoms with van der Waals surface area (Å²) >= 11 is 1.59. The van der Waals surface area contributed by atoms with E-state index in [2.05, 4.69) is 16.0 Å². The smallest absolute Gasteiger partial charge is 0.243 e. The standard InChI is InChI=1S/C27H38N4O4S/c1-4-18(2)24(27(35)29-17-20-8-6-5-7-9-20)31-26(34)23(16-19-10-12-21(32)13-11-19)30-25(33)22(28)14-15-36-3/h5-13,18,22-24,32H,4,14-17,28H2,1-3H3,(H,29,35)(H,30,33)(H,31,34)/t18?,22-,23-,24-/m0/s1. The van der Waals surface area contributed by atoms with Gasteiger partial charge in [-0.15, -0.1) is 0 Å². The van der Waals surface area contributed by atoms with Crippen molar-refractivity contribution in [1.82, 2.24) is 16.0 Å². The number of carbonyl (C=O) groups is 3. The Bertz CT molecular complexity index is 971. The van der Waals surface area contributed by atoms with Gasteiger partial charge in [0.05, 0.1) is 6.04 Å². The van der Waals surface area contributed by atoms with Gasteiger partial charge in [-0.25, -0.2) is 0 Å². The number of nitrogens with two attached hydrogens (primary N) is 1. The summed E-state index contributed by atoms with van der Waals surface area (Å²) in [6.07, 6.45) is 3.28. The summed E-state index contributed by atoms with van der Waals surface area (Å²) < 4.78 is 0. The van der Waals surface area contributed by atoms with Gasteiger partial charge in [-0.1, -0.05) is 62.7 Å². The highest BCUT2D eigenvalue weighted by molar-refractivity contribution is 7.98. The number of carbonyl (C=O) groups excluding carboxylic acids is 3. The Balaban J connectivity index is 2.16. The normalized spacial score (nSPS) is 14.2. The second-order valence-corrected chi connectivity index (χ2v) is 9.88. The van der Waals surface area contributed by atoms with E-state index in [-0.39, 0.29) is 24.0 Å². The van der Waals surface area contributed by atoms with Gasteiger partial charge < -0.3 is 26.8 Å². The molecular weight excluding hydrogens is 476 g/mol. The third-order valence-electron chi connectivity index (χ3n) is 6.08. The number of amides is 3. The number of benzene rings is 2. The van der Waals surface area contributed by atoms with Crippen LogP contribution in [0.4, 0.5) is 0 Å². The molecule has 4 atom stereocenters. The van der Waals surface area contributed by atoms with Crippen molar-refractivity contribution in [3.05, 3.63) is 65.7 Å². The van der Waals surface area contributed by atoms with Crippen LogP contribution in [0.15, 0.2) is 54.6 Å². The zero-order valence-electron chi connectivity index (χ0n) is 21.2. The van der Waals surface area contributed by atoms with Crippen LogP contribution >= 0.6 is 11.8 Å². The van der Waals surface area contributed by atoms with Crippen LogP contribution in [-0.4, -0.2) is 53.0 Å². The fraction of sp³-hybridized carbons (Fsp3) is 0.444. The molecule has 1 unspecified atom stereocenters. The Hall–Kier alpha value is -3.04. The number of thioether (sulfide) groups is 1. The summed E-state index contributed by atoms with van der Waals surface area (Å²) in [5, 5.41) is 18.1. The van der Waals surface area contributed by atoms with E-state index >= 15 is 0 Å². The molecule has 9 heteroatoms. The lowest BCUT2D eigenvalue weighted by atomic mass is 9.97. The molecule has 0 aliphatic heterocycles. The van der Waals surface area contributed by atoms with Crippen molar-refractivity contribution < 1.29 is 19.5 Å². The van der Waals surface area contributed by atoms with E-state index in [0.29, 0.717) is 19.4 Å². The molecule has 0 aliphatic carbocycles. The van der Waals surface area contributed by atoms with Crippen molar-refractivity contribution in [3.8, 4) is 5.75 Å². The topological polar surface area (TPSA) is 134 Å². The molecule has 0 fully saturated rings. The van der Waals surface area contributed by atoms with Crippen LogP contribution in [0.2, 0.25) is 0 Å². The molecule has 3 amide bonds. The molecule has 36 heavy (non-hydrogen) atoms. The predicted molar refractivity (Wildman–Crippen MR) is 144 cm³/mol. The number of rotatable bonds is 14. The monoisotopic (exact) mass is 514 g/mol. The average Bonchev–Trinajstić information content (AvgIpc) is 2.89. The van der Waals surface area contributed by atoms with E-state index in [1.165, 1.54) is 12.1 Å². The molecule has 2 rings (SSSR count). The predicted octanol–water partition coefficient (Wildman–Crippen LogP) is 2.35. The first-order chi connectivity index (χ1) is 17.2. The van der Waals surface area contributed by atoms with Crippen molar-refractivity contribution in [2.75, 3.05) is 12.0 Å². The first-order valence-electron chi connectivity index (χ1n) is 12.2. The Labute approximate surface area is 217 Å². The van der Waals surface area contributed by atoms with Gasteiger partial charge >= 0.3 is 0 Å². The van der Waals surface area contributed by atoms with Gasteiger partial charge in [-0.3, -0.25) is 14.4 Å². The average molecular weight is 515 g/mol. The fourth-order valence-corrected chi connectivity index (χ4v) is 4.07. The van der Waals surface area contributed by atoms with Crippen molar-refractivity contribution in [1.29, 1.82) is 0 Å². The van der Waals surface area contributed by atoms with Gasteiger partial charge in [-0.2, -0.15) is 11.8 Å². The lowest BCUT2D eigenvalue weighted by Gasteiger charge is -2.27. The van der Waals surface area contributed by atoms with Gasteiger partial charge in [-0.05, 0) is 47.6 Å². The maximum atomic E-state index is 13.4. The maximum absolute atomic E-state index is 13.4. The molecule has 0 aromatic heterocycles. The van der Waals surface area contributed by atoms with Gasteiger partial charge in [0.1, 0.15) is 17.8 Å². The number of hydrogen-bond donors (Lipinski definition) is 5. The van der Waals surface area contributed by atoms with Crippen LogP contribution in [0.5, 0.6) is 5.75 Å². The first kappa shape index (κ1) is 29.2. The number of nitrogens with one attached hydrogen (secondary N) is 3. The molecule has 8 nitrogen and oxygen atoms in total. The van der Waals surface area contributed by atoms with Gasteiger partial charge in [0, 0.05) is 13.0 Å². The molecule has 0 spiro atoms. The molecule has 0 heterocycles. The van der Waals surface area contributed by atoms with E-state index in [0.717, 1.165) is 16.9 Å². The molecule has 6 N–H and O–H groups in total. The van der Waals surface area contributed by atoms with Crippen molar-refractivity contribution in [3.63, 3.8) is 0 Å². The van der Waals surface area contributed by atoms with Gasteiger partial charge in [0.25, 0.3) is 0 Å². The van der Waals surface area contributed by atoms with E-state index in [1.807, 2.05) is 50.4 Å². The third-order valence-corrected chi connectivity index (χ3v) is 6.73. The summed E-state index contributed by atoms with van der Waals surface area (Å²) in [7, 11) is 0. The highest BCUT2D eigenvalue weighted by Crippen LogP contribution is 2.13. The Morgan fingerprint density at radius 1 is 0.944 bits per heavy atom. The Morgan fingerprint density at radius 2 is 1.61 bits per heavy atom. The molecule has 196 valence electrons. The van der Waals surface area contributed by atoms with Crippen molar-refractivity contribution >= 4 is 29.5 Å². The SMILES string of the molecule is CCC(C)[C@H](NC(=O)[C@H](Cc1ccc(O)cc1)NC(=O)[C@@H](N)CCSC)C(=O)NCc1ccccc1. The lowest BCUT2D eigenvalue weighted by molar-refractivity contribution is -0.133. The van der Waals surface area contributed by atoms with Crippen molar-refractivity contribution in [2.24, 2.45) is 11.7 Å². The second kappa shape index (κ2) is 15.2. The highest BCUT2D eigenvalue weighted by Gasteiger charge is 2.30. The van der Waals surface area contributed by atoms with Gasteiger partial charge in [0.2, 0.25) is 17.7 Å². The molecule has 0 saturated carbocycles. The number of aromatic hydroxyl groups is 1. The molecule has 0 radical (unpaired) electrons. The number of hydrogen-bond acceptors (Lipinski definition) is 6. The lowest BCUT2D eigenvalue weighted by Crippen LogP contribution is -2.57. The summed E-state index contributed by atoms with van der Waals surface area (Å²) in [6, 6.07) is 13.5. The van der Waals surface area contributed by atoms with Crippen LogP contribution in [0.1, 0.15) is 37.8 Å². The highest BCUT2D eigenvalue weighted by atomic mass is 32.2. The van der Waals surface area contributed by atoms with Crippen LogP contribution < -0.4 is 21.7 Å². The summed E-state index contributed by atoms with van der Waals surface area (Å²) in [5.74, 6) is -0.465. The van der Waals surface area contributed by atoms with E-state index in [1.54, 1.807) is 23.9 Å². The summed E-state index contributed by atoms with van der Waals surface area (Å²) in [5.41, 5.74) is 7.73. The summed E-state index contributed by atoms with van der Waals surface area (Å²) in [4.78, 5) is 39.2. The molecule has 2 aromatic rings. The number of phenols is 1. The third kappa shape index (κ3) is 9.54. The molecular formula is C27H38N4O4S. The van der Waals surface area contributed by atoms with Crippen molar-refractivity contribution in [2.45, 2.75) is 57.8 Å². The minimum Gasteiger partial charge on any atom is -0.508 e. The van der Waals surface area contributed by atoms with E-state index in [9.17, 15) is 19.5 Å². The largest absolute Gasteiger partial charge is 0.508 e. The molecule has 0 saturated heterocycles. The second-order valence-electron chi connectivity index (χ2n) is 8.89. The number of phenolic OH excluding ortho intramolecular Hbond substituents is 1. The maximum Gasteiger partial charge on any atom is 0.243 e. The zero-order chi connectivity index (χ0) is 26.5. The zero-order valence-corrected chi connectivity index (χ0v) is 22.0. The Morgan fingerprint density at radius 3 is 2.22 bits per heavy atom. The molecule has 2 aromatic carbocycles. The van der Waals surface area contributed by atoms with E-state index < -0.39 is 29.9 Å². The molecule has 0 bridgehead atoms. The minimum atomic E-state index is -0.934. The van der Waals surface area contributed by atoms with Gasteiger partial charge in [0.15, 0.2) is 0 Å². The first-order valence-corrected chi connectivity index (χ1v) is 13.6. The van der Waals surface area contributed by atoms with Crippen LogP contribution in [0.3, 0.4) is 0 Å². The van der Waals surface area contributed by atoms with Crippen LogP contribution in [-0.2, 0) is 27.3 Å². The Kier molecular flexibility index (Phi) is 12.3. The quantitative estimate of drug-likeness (QED) is 0.263.